The topological polar surface area (TPSA) is 116 Å². The van der Waals surface area contributed by atoms with Crippen LogP contribution in [0.2, 0.25) is 0 Å². The van der Waals surface area contributed by atoms with E-state index in [0.29, 0.717) is 19.4 Å². The van der Waals surface area contributed by atoms with E-state index in [1.54, 1.807) is 11.8 Å². The van der Waals surface area contributed by atoms with Crippen molar-refractivity contribution in [2.24, 2.45) is 0 Å². The molecule has 4 N–H and O–H groups in total. The number of aromatic carboxylic acids is 1. The number of allylic oxidation sites excluding steroid dienone is 8. The molecular formula is C32H46N2O5S. The number of ketones is 1. The van der Waals surface area contributed by atoms with Gasteiger partial charge in [0.25, 0.3) is 0 Å². The van der Waals surface area contributed by atoms with E-state index in [2.05, 4.69) is 80.0 Å². The fourth-order valence-electron chi connectivity index (χ4n) is 3.99. The molecule has 7 nitrogen and oxygen atoms in total. The van der Waals surface area contributed by atoms with Gasteiger partial charge in [0.05, 0.1) is 4.75 Å². The minimum atomic E-state index is -1.29. The first-order valence-corrected chi connectivity index (χ1v) is 15.2. The fraction of sp³-hybridized carbons (Fsp3) is 0.469. The lowest BCUT2D eigenvalue weighted by atomic mass is 9.94. The van der Waals surface area contributed by atoms with Gasteiger partial charge in [-0.1, -0.05) is 69.4 Å². The number of anilines is 1. The Bertz CT molecular complexity index is 1040. The van der Waals surface area contributed by atoms with E-state index >= 15 is 0 Å². The third-order valence-corrected chi connectivity index (χ3v) is 8.18. The number of carbonyl (C=O) groups is 3. The van der Waals surface area contributed by atoms with Crippen LogP contribution >= 0.6 is 11.8 Å². The third-order valence-electron chi connectivity index (χ3n) is 6.38. The van der Waals surface area contributed by atoms with Crippen molar-refractivity contribution in [3.63, 3.8) is 0 Å². The Kier molecular flexibility index (Phi) is 17.9. The number of nitrogens with one attached hydrogen (secondary N) is 2. The highest BCUT2D eigenvalue weighted by Crippen LogP contribution is 2.35. The van der Waals surface area contributed by atoms with E-state index in [1.165, 1.54) is 18.2 Å². The Morgan fingerprint density at radius 2 is 1.50 bits per heavy atom. The van der Waals surface area contributed by atoms with E-state index in [1.807, 2.05) is 0 Å². The van der Waals surface area contributed by atoms with Crippen LogP contribution in [-0.2, 0) is 4.79 Å². The van der Waals surface area contributed by atoms with Gasteiger partial charge in [0.2, 0.25) is 0 Å². The molecule has 0 saturated carbocycles. The monoisotopic (exact) mass is 570 g/mol. The zero-order valence-electron chi connectivity index (χ0n) is 24.2. The average Bonchev–Trinajstić information content (AvgIpc) is 2.94. The Balaban J connectivity index is 2.35. The van der Waals surface area contributed by atoms with Gasteiger partial charge < -0.3 is 20.8 Å². The average molecular weight is 571 g/mol. The Morgan fingerprint density at radius 1 is 0.900 bits per heavy atom. The number of amides is 2. The van der Waals surface area contributed by atoms with E-state index in [9.17, 15) is 19.5 Å². The largest absolute Gasteiger partial charge is 0.507 e. The molecule has 0 heterocycles. The summed E-state index contributed by atoms with van der Waals surface area (Å²) in [5, 5.41) is 23.9. The lowest BCUT2D eigenvalue weighted by molar-refractivity contribution is -0.121. The molecule has 1 aromatic rings. The van der Waals surface area contributed by atoms with Crippen molar-refractivity contribution >= 4 is 35.2 Å². The van der Waals surface area contributed by atoms with Crippen LogP contribution in [0.1, 0.15) is 88.9 Å². The maximum absolute atomic E-state index is 13.1. The number of carboxylic acid groups (broad SMARTS) is 1. The summed E-state index contributed by atoms with van der Waals surface area (Å²) in [6, 6.07) is 3.32. The summed E-state index contributed by atoms with van der Waals surface area (Å²) in [7, 11) is 0. The number of carboxylic acids is 1. The second-order valence-corrected chi connectivity index (χ2v) is 10.8. The lowest BCUT2D eigenvalue weighted by Crippen LogP contribution is -2.35. The van der Waals surface area contributed by atoms with Crippen LogP contribution in [0.5, 0.6) is 5.75 Å². The molecule has 220 valence electrons. The lowest BCUT2D eigenvalue weighted by Gasteiger charge is -2.29. The number of aromatic hydroxyl groups is 1. The molecule has 0 saturated heterocycles. The number of Topliss-reactive ketones (excluding diaryl/α,β-unsaturated/α-hetero) is 1. The van der Waals surface area contributed by atoms with Gasteiger partial charge in [-0.15, -0.1) is 11.8 Å². The highest BCUT2D eigenvalue weighted by atomic mass is 32.2. The summed E-state index contributed by atoms with van der Waals surface area (Å²) in [5.41, 5.74) is -0.0391. The van der Waals surface area contributed by atoms with Crippen LogP contribution in [0.15, 0.2) is 66.8 Å². The molecule has 8 heteroatoms. The maximum Gasteiger partial charge on any atom is 0.339 e. The van der Waals surface area contributed by atoms with Crippen LogP contribution in [0, 0.1) is 0 Å². The van der Waals surface area contributed by atoms with Crippen molar-refractivity contribution < 1.29 is 24.6 Å². The summed E-state index contributed by atoms with van der Waals surface area (Å²) in [4.78, 5) is 36.4. The van der Waals surface area contributed by atoms with E-state index in [0.717, 1.165) is 50.7 Å². The van der Waals surface area contributed by atoms with Crippen LogP contribution in [-0.4, -0.2) is 45.0 Å². The Hall–Kier alpha value is -3.26. The molecule has 0 aliphatic rings. The van der Waals surface area contributed by atoms with Crippen molar-refractivity contribution in [2.75, 3.05) is 17.6 Å². The number of carbonyl (C=O) groups excluding carboxylic acids is 2. The summed E-state index contributed by atoms with van der Waals surface area (Å²) in [6.45, 7) is 6.56. The SMILES string of the molecule is CC/C=C\C/C=C\C/C=C\C/C=C\CCSC(CC)(CC)C(=O)CCCNC(=O)Nc1ccc(O)c(C(=O)O)c1. The standard InChI is InChI=1S/C32H46N2O5S/c1-4-7-8-9-10-11-12-13-14-15-16-17-18-24-40-32(5-2,6-3)29(36)20-19-23-33-31(39)34-26-21-22-28(35)27(25-26)30(37)38/h7-8,10-11,13-14,16-17,21-22,25,35H,4-6,9,12,15,18-20,23-24H2,1-3H3,(H,37,38)(H2,33,34,39)/b8-7-,11-10-,14-13-,17-16-. The highest BCUT2D eigenvalue weighted by Gasteiger charge is 2.34. The molecule has 0 radical (unpaired) electrons. The first kappa shape index (κ1) is 34.8. The quantitative estimate of drug-likeness (QED) is 0.0716. The minimum Gasteiger partial charge on any atom is -0.507 e. The van der Waals surface area contributed by atoms with Crippen LogP contribution < -0.4 is 10.6 Å². The second kappa shape index (κ2) is 20.6. The molecule has 0 unspecified atom stereocenters. The van der Waals surface area contributed by atoms with Gasteiger partial charge in [-0.25, -0.2) is 9.59 Å². The van der Waals surface area contributed by atoms with Crippen LogP contribution in [0.4, 0.5) is 10.5 Å². The number of hydrogen-bond donors (Lipinski definition) is 4. The molecule has 2 amide bonds. The number of phenols is 1. The van der Waals surface area contributed by atoms with Gasteiger partial charge >= 0.3 is 12.0 Å². The fourth-order valence-corrected chi connectivity index (χ4v) is 5.30. The van der Waals surface area contributed by atoms with Gasteiger partial charge in [-0.2, -0.15) is 0 Å². The Morgan fingerprint density at radius 3 is 2.08 bits per heavy atom. The predicted molar refractivity (Wildman–Crippen MR) is 167 cm³/mol. The smallest absolute Gasteiger partial charge is 0.339 e. The van der Waals surface area contributed by atoms with Crippen molar-refractivity contribution in [1.82, 2.24) is 5.32 Å². The van der Waals surface area contributed by atoms with E-state index in [4.69, 9.17) is 5.11 Å². The van der Waals surface area contributed by atoms with Gasteiger partial charge in [-0.05, 0) is 75.3 Å². The van der Waals surface area contributed by atoms with E-state index in [-0.39, 0.29) is 22.8 Å². The number of benzene rings is 1. The second-order valence-electron chi connectivity index (χ2n) is 9.28. The summed E-state index contributed by atoms with van der Waals surface area (Å²) >= 11 is 1.73. The summed E-state index contributed by atoms with van der Waals surface area (Å²) in [6.07, 6.45) is 24.7. The molecule has 0 aromatic heterocycles. The molecule has 0 atom stereocenters. The first-order valence-electron chi connectivity index (χ1n) is 14.2. The molecule has 1 aromatic carbocycles. The number of hydrogen-bond acceptors (Lipinski definition) is 5. The minimum absolute atomic E-state index is 0.208. The molecular weight excluding hydrogens is 524 g/mol. The summed E-state index contributed by atoms with van der Waals surface area (Å²) in [5.74, 6) is -0.567. The molecule has 0 fully saturated rings. The molecule has 0 aliphatic carbocycles. The zero-order chi connectivity index (χ0) is 29.6. The van der Waals surface area contributed by atoms with Crippen molar-refractivity contribution in [1.29, 1.82) is 0 Å². The van der Waals surface area contributed by atoms with Crippen molar-refractivity contribution in [3.8, 4) is 5.75 Å². The van der Waals surface area contributed by atoms with Gasteiger partial charge in [0.1, 0.15) is 17.1 Å². The van der Waals surface area contributed by atoms with E-state index < -0.39 is 16.7 Å². The number of urea groups is 1. The van der Waals surface area contributed by atoms with Crippen LogP contribution in [0.3, 0.4) is 0 Å². The number of thioether (sulfide) groups is 1. The molecule has 0 aliphatic heterocycles. The van der Waals surface area contributed by atoms with Crippen LogP contribution in [0.25, 0.3) is 0 Å². The maximum atomic E-state index is 13.1. The molecule has 0 spiro atoms. The molecule has 0 bridgehead atoms. The first-order chi connectivity index (χ1) is 19.3. The van der Waals surface area contributed by atoms with Gasteiger partial charge in [0, 0.05) is 18.7 Å². The van der Waals surface area contributed by atoms with Crippen molar-refractivity contribution in [3.05, 3.63) is 72.4 Å². The van der Waals surface area contributed by atoms with Gasteiger partial charge in [-0.3, -0.25) is 4.79 Å². The third kappa shape index (κ3) is 13.7. The Labute approximate surface area is 243 Å². The van der Waals surface area contributed by atoms with Crippen molar-refractivity contribution in [2.45, 2.75) is 83.3 Å². The van der Waals surface area contributed by atoms with Gasteiger partial charge in [0.15, 0.2) is 0 Å². The molecule has 40 heavy (non-hydrogen) atoms. The highest BCUT2D eigenvalue weighted by molar-refractivity contribution is 8.01. The summed E-state index contributed by atoms with van der Waals surface area (Å²) < 4.78 is -0.409. The predicted octanol–water partition coefficient (Wildman–Crippen LogP) is 8.05. The molecule has 1 rings (SSSR count). The normalized spacial score (nSPS) is 12.2. The zero-order valence-corrected chi connectivity index (χ0v) is 25.0. The number of rotatable bonds is 20.